The lowest BCUT2D eigenvalue weighted by molar-refractivity contribution is -0.135. The van der Waals surface area contributed by atoms with E-state index in [0.29, 0.717) is 5.56 Å². The molecule has 1 aliphatic heterocycles. The highest BCUT2D eigenvalue weighted by Gasteiger charge is 2.39. The molecule has 184 valence electrons. The Bertz CT molecular complexity index is 1310. The molecule has 1 saturated heterocycles. The number of hydrogen-bond acceptors (Lipinski definition) is 4. The number of aromatic nitrogens is 2. The summed E-state index contributed by atoms with van der Waals surface area (Å²) < 4.78 is 45.1. The lowest BCUT2D eigenvalue weighted by Gasteiger charge is -2.41. The number of likely N-dealkylation sites (tertiary alicyclic amines) is 1. The number of amides is 1. The number of alkyl halides is 3. The summed E-state index contributed by atoms with van der Waals surface area (Å²) in [5.74, 6) is -0.775. The topological polar surface area (TPSA) is 73.9 Å². The summed E-state index contributed by atoms with van der Waals surface area (Å²) in [6.07, 6.45) is -0.424. The first kappa shape index (κ1) is 24.7. The molecule has 3 heterocycles. The van der Waals surface area contributed by atoms with E-state index in [2.05, 4.69) is 36.0 Å². The van der Waals surface area contributed by atoms with Crippen LogP contribution >= 0.6 is 0 Å². The summed E-state index contributed by atoms with van der Waals surface area (Å²) in [7, 11) is 1.69. The second kappa shape index (κ2) is 9.00. The fourth-order valence-corrected chi connectivity index (χ4v) is 4.86. The minimum absolute atomic E-state index is 0.00269. The number of halogens is 3. The molecule has 0 radical (unpaired) electrons. The summed E-state index contributed by atoms with van der Waals surface area (Å²) in [6.45, 7) is 8.00. The van der Waals surface area contributed by atoms with Gasteiger partial charge in [-0.1, -0.05) is 6.07 Å². The average molecular weight is 484 g/mol. The zero-order chi connectivity index (χ0) is 25.5. The van der Waals surface area contributed by atoms with E-state index < -0.39 is 23.3 Å². The number of nitrogens with one attached hydrogen (secondary N) is 1. The standard InChI is InChI=1S/C26H28F3N5O/c1-25(2,3)34-10-8-17(9-11-34)19-15-33(4)23-21(19)22(26(27,28)29)20(14-31-23)32-24(35)18-7-5-6-16(12-18)13-30/h5-7,12,14-15,17H,8-11H2,1-4H3,(H,32,35). The van der Waals surface area contributed by atoms with E-state index in [1.54, 1.807) is 17.8 Å². The first-order valence-corrected chi connectivity index (χ1v) is 11.5. The molecule has 1 N–H and O–H groups in total. The Kier molecular flexibility index (Phi) is 6.36. The van der Waals surface area contributed by atoms with Crippen LogP contribution in [0.1, 0.15) is 66.6 Å². The van der Waals surface area contributed by atoms with Crippen LogP contribution in [-0.2, 0) is 13.2 Å². The first-order valence-electron chi connectivity index (χ1n) is 11.5. The highest BCUT2D eigenvalue weighted by atomic mass is 19.4. The van der Waals surface area contributed by atoms with Gasteiger partial charge in [0, 0.05) is 29.7 Å². The maximum Gasteiger partial charge on any atom is 0.419 e. The second-order valence-electron chi connectivity index (χ2n) is 10.0. The molecule has 0 atom stereocenters. The summed E-state index contributed by atoms with van der Waals surface area (Å²) >= 11 is 0. The number of hydrogen-bond donors (Lipinski definition) is 1. The van der Waals surface area contributed by atoms with Gasteiger partial charge in [0.05, 0.1) is 29.1 Å². The third kappa shape index (κ3) is 4.89. The molecule has 0 aliphatic carbocycles. The first-order chi connectivity index (χ1) is 16.4. The van der Waals surface area contributed by atoms with Crippen molar-refractivity contribution in [3.8, 4) is 6.07 Å². The normalized spacial score (nSPS) is 15.8. The SMILES string of the molecule is Cn1cc(C2CCN(C(C)(C)C)CC2)c2c(C(F)(F)F)c(NC(=O)c3cccc(C#N)c3)cnc21. The molecule has 2 aromatic heterocycles. The van der Waals surface area contributed by atoms with Crippen LogP contribution < -0.4 is 5.32 Å². The number of carbonyl (C=O) groups is 1. The number of piperidine rings is 1. The fourth-order valence-electron chi connectivity index (χ4n) is 4.86. The highest BCUT2D eigenvalue weighted by Crippen LogP contribution is 2.44. The molecule has 3 aromatic rings. The minimum atomic E-state index is -4.71. The van der Waals surface area contributed by atoms with Gasteiger partial charge in [0.15, 0.2) is 0 Å². The van der Waals surface area contributed by atoms with Crippen molar-refractivity contribution in [3.63, 3.8) is 0 Å². The van der Waals surface area contributed by atoms with Gasteiger partial charge in [-0.25, -0.2) is 4.98 Å². The molecular weight excluding hydrogens is 455 g/mol. The number of nitriles is 1. The Labute approximate surface area is 202 Å². The van der Waals surface area contributed by atoms with Crippen LogP contribution in [0.15, 0.2) is 36.7 Å². The Balaban J connectivity index is 1.76. The van der Waals surface area contributed by atoms with E-state index in [1.165, 1.54) is 24.3 Å². The number of carbonyl (C=O) groups excluding carboxylic acids is 1. The van der Waals surface area contributed by atoms with Crippen molar-refractivity contribution in [2.45, 2.75) is 51.2 Å². The van der Waals surface area contributed by atoms with E-state index in [4.69, 9.17) is 5.26 Å². The summed E-state index contributed by atoms with van der Waals surface area (Å²) in [4.78, 5) is 19.4. The third-order valence-corrected chi connectivity index (χ3v) is 6.68. The largest absolute Gasteiger partial charge is 0.419 e. The molecular formula is C26H28F3N5O. The fraction of sp³-hybridized carbons (Fsp3) is 0.423. The van der Waals surface area contributed by atoms with Crippen LogP contribution in [0.25, 0.3) is 11.0 Å². The van der Waals surface area contributed by atoms with Gasteiger partial charge in [0.25, 0.3) is 5.91 Å². The maximum absolute atomic E-state index is 14.5. The zero-order valence-corrected chi connectivity index (χ0v) is 20.2. The molecule has 0 saturated carbocycles. The van der Waals surface area contributed by atoms with Gasteiger partial charge in [-0.15, -0.1) is 0 Å². The van der Waals surface area contributed by atoms with Gasteiger partial charge in [-0.2, -0.15) is 18.4 Å². The summed E-state index contributed by atoms with van der Waals surface area (Å²) in [5.41, 5.74) is -0.0937. The van der Waals surface area contributed by atoms with E-state index in [0.717, 1.165) is 32.1 Å². The van der Waals surface area contributed by atoms with Crippen molar-refractivity contribution < 1.29 is 18.0 Å². The Morgan fingerprint density at radius 2 is 1.89 bits per heavy atom. The van der Waals surface area contributed by atoms with E-state index >= 15 is 0 Å². The van der Waals surface area contributed by atoms with Gasteiger partial charge in [-0.3, -0.25) is 9.69 Å². The molecule has 0 bridgehead atoms. The highest BCUT2D eigenvalue weighted by molar-refractivity contribution is 6.06. The third-order valence-electron chi connectivity index (χ3n) is 6.68. The molecule has 0 spiro atoms. The van der Waals surface area contributed by atoms with Crippen molar-refractivity contribution in [1.29, 1.82) is 5.26 Å². The molecule has 1 fully saturated rings. The van der Waals surface area contributed by atoms with E-state index in [-0.39, 0.29) is 33.6 Å². The Hall–Kier alpha value is -3.38. The lowest BCUT2D eigenvalue weighted by atomic mass is 9.86. The second-order valence-corrected chi connectivity index (χ2v) is 10.0. The van der Waals surface area contributed by atoms with E-state index in [9.17, 15) is 18.0 Å². The van der Waals surface area contributed by atoms with Crippen LogP contribution in [0.5, 0.6) is 0 Å². The Morgan fingerprint density at radius 3 is 2.49 bits per heavy atom. The predicted octanol–water partition coefficient (Wildman–Crippen LogP) is 5.69. The number of aryl methyl sites for hydroxylation is 1. The van der Waals surface area contributed by atoms with Crippen molar-refractivity contribution in [2.24, 2.45) is 7.05 Å². The molecule has 9 heteroatoms. The van der Waals surface area contributed by atoms with Crippen molar-refractivity contribution in [3.05, 3.63) is 58.9 Å². The predicted molar refractivity (Wildman–Crippen MR) is 128 cm³/mol. The minimum Gasteiger partial charge on any atom is -0.335 e. The van der Waals surface area contributed by atoms with Crippen LogP contribution in [0.4, 0.5) is 18.9 Å². The van der Waals surface area contributed by atoms with Crippen molar-refractivity contribution >= 4 is 22.6 Å². The van der Waals surface area contributed by atoms with Gasteiger partial charge in [-0.05, 0) is 76.4 Å². The summed E-state index contributed by atoms with van der Waals surface area (Å²) in [6, 6.07) is 7.75. The van der Waals surface area contributed by atoms with Crippen LogP contribution in [-0.4, -0.2) is 39.0 Å². The lowest BCUT2D eigenvalue weighted by Crippen LogP contribution is -2.45. The van der Waals surface area contributed by atoms with Gasteiger partial charge in [0.1, 0.15) is 5.65 Å². The van der Waals surface area contributed by atoms with Gasteiger partial charge >= 0.3 is 6.18 Å². The molecule has 4 rings (SSSR count). The zero-order valence-electron chi connectivity index (χ0n) is 20.2. The number of rotatable bonds is 3. The van der Waals surface area contributed by atoms with Crippen LogP contribution in [0.2, 0.25) is 0 Å². The number of nitrogens with zero attached hydrogens (tertiary/aromatic N) is 4. The molecule has 1 amide bonds. The van der Waals surface area contributed by atoms with Gasteiger partial charge in [0.2, 0.25) is 0 Å². The van der Waals surface area contributed by atoms with Crippen LogP contribution in [0, 0.1) is 11.3 Å². The quantitative estimate of drug-likeness (QED) is 0.519. The number of pyridine rings is 1. The average Bonchev–Trinajstić information content (AvgIpc) is 3.13. The smallest absolute Gasteiger partial charge is 0.335 e. The van der Waals surface area contributed by atoms with Gasteiger partial charge < -0.3 is 9.88 Å². The van der Waals surface area contributed by atoms with E-state index in [1.807, 2.05) is 6.07 Å². The molecule has 1 aromatic carbocycles. The number of fused-ring (bicyclic) bond motifs is 1. The Morgan fingerprint density at radius 1 is 1.20 bits per heavy atom. The molecule has 35 heavy (non-hydrogen) atoms. The molecule has 1 aliphatic rings. The maximum atomic E-state index is 14.5. The monoisotopic (exact) mass is 483 g/mol. The van der Waals surface area contributed by atoms with Crippen molar-refractivity contribution in [1.82, 2.24) is 14.5 Å². The molecule has 6 nitrogen and oxygen atoms in total. The number of benzene rings is 1. The van der Waals surface area contributed by atoms with Crippen LogP contribution in [0.3, 0.4) is 0 Å². The number of anilines is 1. The summed E-state index contributed by atoms with van der Waals surface area (Å²) in [5, 5.41) is 11.5. The van der Waals surface area contributed by atoms with Crippen molar-refractivity contribution in [2.75, 3.05) is 18.4 Å². The molecule has 0 unspecified atom stereocenters.